The summed E-state index contributed by atoms with van der Waals surface area (Å²) in [5.41, 5.74) is 2.60. The summed E-state index contributed by atoms with van der Waals surface area (Å²) in [6, 6.07) is 10.9. The molecule has 0 radical (unpaired) electrons. The van der Waals surface area contributed by atoms with E-state index in [2.05, 4.69) is 11.1 Å². The molecule has 0 fully saturated rings. The van der Waals surface area contributed by atoms with E-state index in [4.69, 9.17) is 16.9 Å². The fourth-order valence-corrected chi connectivity index (χ4v) is 2.26. The van der Waals surface area contributed by atoms with Crippen LogP contribution in [-0.4, -0.2) is 22.8 Å². The Kier molecular flexibility index (Phi) is 4.56. The van der Waals surface area contributed by atoms with Gasteiger partial charge in [-0.05, 0) is 30.7 Å². The van der Waals surface area contributed by atoms with Crippen molar-refractivity contribution < 1.29 is 4.79 Å². The van der Waals surface area contributed by atoms with Crippen molar-refractivity contribution >= 4 is 17.5 Å². The summed E-state index contributed by atoms with van der Waals surface area (Å²) in [4.78, 5) is 18.0. The molecule has 0 atom stereocenters. The van der Waals surface area contributed by atoms with Crippen molar-refractivity contribution in [3.8, 4) is 6.07 Å². The fourth-order valence-electron chi connectivity index (χ4n) is 1.97. The second-order valence-electron chi connectivity index (χ2n) is 4.78. The molecular weight excluding hydrogens is 286 g/mol. The van der Waals surface area contributed by atoms with Crippen LogP contribution >= 0.6 is 11.6 Å². The van der Waals surface area contributed by atoms with Crippen LogP contribution in [0.15, 0.2) is 36.5 Å². The number of nitriles is 1. The Bertz CT molecular complexity index is 722. The SMILES string of the molecule is Cc1cc(Cl)c(C(=O)N(C)Cc2cccc(C#N)c2)cn1. The number of pyridine rings is 1. The number of rotatable bonds is 3. The number of hydrogen-bond donors (Lipinski definition) is 0. The lowest BCUT2D eigenvalue weighted by atomic mass is 10.1. The molecule has 0 N–H and O–H groups in total. The number of hydrogen-bond acceptors (Lipinski definition) is 3. The first-order valence-electron chi connectivity index (χ1n) is 6.38. The lowest BCUT2D eigenvalue weighted by Crippen LogP contribution is -2.26. The Morgan fingerprint density at radius 1 is 1.43 bits per heavy atom. The predicted octanol–water partition coefficient (Wildman–Crippen LogP) is 3.19. The number of carbonyl (C=O) groups is 1. The van der Waals surface area contributed by atoms with Crippen LogP contribution in [0.3, 0.4) is 0 Å². The molecule has 0 aliphatic carbocycles. The second-order valence-corrected chi connectivity index (χ2v) is 5.19. The molecule has 2 aromatic rings. The molecule has 2 rings (SSSR count). The third kappa shape index (κ3) is 3.59. The van der Waals surface area contributed by atoms with Crippen LogP contribution < -0.4 is 0 Å². The molecule has 106 valence electrons. The number of aryl methyl sites for hydroxylation is 1. The zero-order valence-corrected chi connectivity index (χ0v) is 12.6. The van der Waals surface area contributed by atoms with Gasteiger partial charge >= 0.3 is 0 Å². The van der Waals surface area contributed by atoms with Gasteiger partial charge < -0.3 is 4.90 Å². The molecular formula is C16H14ClN3O. The smallest absolute Gasteiger partial charge is 0.256 e. The van der Waals surface area contributed by atoms with Gasteiger partial charge in [0.05, 0.1) is 22.2 Å². The standard InChI is InChI=1S/C16H14ClN3O/c1-11-6-15(17)14(9-19-11)16(21)20(2)10-13-5-3-4-12(7-13)8-18/h3-7,9H,10H2,1-2H3. The van der Waals surface area contributed by atoms with Gasteiger partial charge in [0.15, 0.2) is 0 Å². The number of amides is 1. The summed E-state index contributed by atoms with van der Waals surface area (Å²) in [6.45, 7) is 2.22. The lowest BCUT2D eigenvalue weighted by molar-refractivity contribution is 0.0785. The highest BCUT2D eigenvalue weighted by Gasteiger charge is 2.16. The van der Waals surface area contributed by atoms with Crippen molar-refractivity contribution in [1.82, 2.24) is 9.88 Å². The van der Waals surface area contributed by atoms with Crippen molar-refractivity contribution in [3.05, 3.63) is 63.9 Å². The molecule has 0 saturated carbocycles. The van der Waals surface area contributed by atoms with Crippen molar-refractivity contribution in [1.29, 1.82) is 5.26 Å². The molecule has 4 nitrogen and oxygen atoms in total. The van der Waals surface area contributed by atoms with Crippen LogP contribution in [0, 0.1) is 18.3 Å². The van der Waals surface area contributed by atoms with E-state index in [0.29, 0.717) is 22.7 Å². The lowest BCUT2D eigenvalue weighted by Gasteiger charge is -2.18. The maximum absolute atomic E-state index is 12.4. The minimum Gasteiger partial charge on any atom is -0.337 e. The summed E-state index contributed by atoms with van der Waals surface area (Å²) >= 11 is 6.09. The molecule has 1 amide bonds. The van der Waals surface area contributed by atoms with E-state index in [1.54, 1.807) is 36.2 Å². The molecule has 1 heterocycles. The van der Waals surface area contributed by atoms with Crippen LogP contribution in [-0.2, 0) is 6.54 Å². The van der Waals surface area contributed by atoms with Gasteiger partial charge in [0.25, 0.3) is 5.91 Å². The van der Waals surface area contributed by atoms with Gasteiger partial charge in [-0.25, -0.2) is 0 Å². The Morgan fingerprint density at radius 2 is 2.19 bits per heavy atom. The van der Waals surface area contributed by atoms with E-state index in [1.165, 1.54) is 6.20 Å². The van der Waals surface area contributed by atoms with Crippen molar-refractivity contribution in [3.63, 3.8) is 0 Å². The third-order valence-electron chi connectivity index (χ3n) is 3.04. The van der Waals surface area contributed by atoms with Crippen molar-refractivity contribution in [2.75, 3.05) is 7.05 Å². The van der Waals surface area contributed by atoms with E-state index in [0.717, 1.165) is 11.3 Å². The Balaban J connectivity index is 2.17. The second kappa shape index (κ2) is 6.38. The zero-order valence-electron chi connectivity index (χ0n) is 11.8. The highest BCUT2D eigenvalue weighted by molar-refractivity contribution is 6.33. The zero-order chi connectivity index (χ0) is 15.4. The molecule has 1 aromatic carbocycles. The summed E-state index contributed by atoms with van der Waals surface area (Å²) in [5.74, 6) is -0.199. The highest BCUT2D eigenvalue weighted by atomic mass is 35.5. The van der Waals surface area contributed by atoms with E-state index >= 15 is 0 Å². The summed E-state index contributed by atoms with van der Waals surface area (Å²) in [6.07, 6.45) is 1.49. The van der Waals surface area contributed by atoms with E-state index in [1.807, 2.05) is 13.0 Å². The molecule has 0 saturated heterocycles. The summed E-state index contributed by atoms with van der Waals surface area (Å²) in [5, 5.41) is 9.28. The third-order valence-corrected chi connectivity index (χ3v) is 3.36. The molecule has 0 bridgehead atoms. The normalized spacial score (nSPS) is 10.0. The molecule has 5 heteroatoms. The number of aromatic nitrogens is 1. The maximum Gasteiger partial charge on any atom is 0.256 e. The van der Waals surface area contributed by atoms with Crippen molar-refractivity contribution in [2.45, 2.75) is 13.5 Å². The van der Waals surface area contributed by atoms with Gasteiger partial charge in [-0.15, -0.1) is 0 Å². The number of halogens is 1. The van der Waals surface area contributed by atoms with Crippen molar-refractivity contribution in [2.24, 2.45) is 0 Å². The van der Waals surface area contributed by atoms with Crippen LogP contribution in [0.4, 0.5) is 0 Å². The summed E-state index contributed by atoms with van der Waals surface area (Å²) in [7, 11) is 1.69. The molecule has 0 spiro atoms. The first-order valence-corrected chi connectivity index (χ1v) is 6.75. The van der Waals surface area contributed by atoms with E-state index < -0.39 is 0 Å². The van der Waals surface area contributed by atoms with Gasteiger partial charge in [0.2, 0.25) is 0 Å². The molecule has 1 aromatic heterocycles. The molecule has 21 heavy (non-hydrogen) atoms. The number of nitrogens with zero attached hydrogens (tertiary/aromatic N) is 3. The highest BCUT2D eigenvalue weighted by Crippen LogP contribution is 2.18. The van der Waals surface area contributed by atoms with Crippen LogP contribution in [0.2, 0.25) is 5.02 Å². The minimum absolute atomic E-state index is 0.199. The van der Waals surface area contributed by atoms with Crippen LogP contribution in [0.5, 0.6) is 0 Å². The van der Waals surface area contributed by atoms with Gasteiger partial charge in [-0.3, -0.25) is 9.78 Å². The first-order chi connectivity index (χ1) is 10.0. The van der Waals surface area contributed by atoms with Crippen LogP contribution in [0.25, 0.3) is 0 Å². The molecule has 0 aliphatic rings. The van der Waals surface area contributed by atoms with Gasteiger partial charge in [-0.2, -0.15) is 5.26 Å². The topological polar surface area (TPSA) is 57.0 Å². The number of benzene rings is 1. The van der Waals surface area contributed by atoms with Crippen LogP contribution in [0.1, 0.15) is 27.2 Å². The monoisotopic (exact) mass is 299 g/mol. The van der Waals surface area contributed by atoms with E-state index in [9.17, 15) is 4.79 Å². The van der Waals surface area contributed by atoms with Gasteiger partial charge in [0, 0.05) is 25.5 Å². The average Bonchev–Trinajstić information content (AvgIpc) is 2.46. The Labute approximate surface area is 128 Å². The Hall–Kier alpha value is -2.38. The van der Waals surface area contributed by atoms with Gasteiger partial charge in [0.1, 0.15) is 0 Å². The molecule has 0 unspecified atom stereocenters. The first kappa shape index (κ1) is 15.0. The molecule has 0 aliphatic heterocycles. The maximum atomic E-state index is 12.4. The van der Waals surface area contributed by atoms with Gasteiger partial charge in [-0.1, -0.05) is 23.7 Å². The fraction of sp³-hybridized carbons (Fsp3) is 0.188. The average molecular weight is 300 g/mol. The predicted molar refractivity (Wildman–Crippen MR) is 80.9 cm³/mol. The summed E-state index contributed by atoms with van der Waals surface area (Å²) < 4.78 is 0. The van der Waals surface area contributed by atoms with E-state index in [-0.39, 0.29) is 5.91 Å². The quantitative estimate of drug-likeness (QED) is 0.874. The Morgan fingerprint density at radius 3 is 2.86 bits per heavy atom. The minimum atomic E-state index is -0.199. The number of carbonyl (C=O) groups excluding carboxylic acids is 1. The largest absolute Gasteiger partial charge is 0.337 e.